The average Bonchev–Trinajstić information content (AvgIpc) is 3.37. The van der Waals surface area contributed by atoms with Gasteiger partial charge in [0.05, 0.1) is 16.8 Å². The quantitative estimate of drug-likeness (QED) is 0.689. The number of fused-ring (bicyclic) bond motifs is 1. The highest BCUT2D eigenvalue weighted by Crippen LogP contribution is 2.32. The Kier molecular flexibility index (Phi) is 5.96. The Bertz CT molecular complexity index is 859. The van der Waals surface area contributed by atoms with E-state index in [1.165, 1.54) is 0 Å². The molecule has 1 aliphatic rings. The average molecular weight is 392 g/mol. The van der Waals surface area contributed by atoms with Gasteiger partial charge >= 0.3 is 0 Å². The number of hydrogen-bond acceptors (Lipinski definition) is 5. The number of carbonyl (C=O) groups is 1. The second-order valence-corrected chi connectivity index (χ2v) is 7.53. The van der Waals surface area contributed by atoms with Crippen molar-refractivity contribution in [3.63, 3.8) is 0 Å². The Hall–Kier alpha value is -1.89. The molecule has 1 fully saturated rings. The summed E-state index contributed by atoms with van der Waals surface area (Å²) in [7, 11) is 0. The molecule has 1 saturated carbocycles. The van der Waals surface area contributed by atoms with Gasteiger partial charge in [0.2, 0.25) is 5.91 Å². The molecule has 0 saturated heterocycles. The Labute approximate surface area is 162 Å². The minimum Gasteiger partial charge on any atom is -0.457 e. The van der Waals surface area contributed by atoms with Gasteiger partial charge in [-0.2, -0.15) is 0 Å². The van der Waals surface area contributed by atoms with Crippen molar-refractivity contribution in [2.75, 3.05) is 6.54 Å². The van der Waals surface area contributed by atoms with Crippen molar-refractivity contribution < 1.29 is 9.21 Å². The largest absolute Gasteiger partial charge is 0.457 e. The van der Waals surface area contributed by atoms with Gasteiger partial charge in [-0.15, -0.1) is 23.7 Å². The van der Waals surface area contributed by atoms with Crippen LogP contribution in [-0.2, 0) is 11.3 Å². The number of aromatic nitrogens is 1. The summed E-state index contributed by atoms with van der Waals surface area (Å²) in [5.41, 5.74) is 6.74. The third kappa shape index (κ3) is 3.77. The van der Waals surface area contributed by atoms with Crippen LogP contribution in [0.15, 0.2) is 40.8 Å². The molecular formula is C19H22ClN3O2S. The van der Waals surface area contributed by atoms with Crippen LogP contribution in [0.3, 0.4) is 0 Å². The number of hydrogen-bond donors (Lipinski definition) is 2. The zero-order valence-electron chi connectivity index (χ0n) is 14.3. The van der Waals surface area contributed by atoms with Crippen LogP contribution >= 0.6 is 23.7 Å². The maximum atomic E-state index is 12.4. The van der Waals surface area contributed by atoms with E-state index in [9.17, 15) is 4.79 Å². The third-order valence-corrected chi connectivity index (χ3v) is 5.95. The number of amides is 1. The predicted octanol–water partition coefficient (Wildman–Crippen LogP) is 3.97. The molecule has 7 heteroatoms. The fourth-order valence-corrected chi connectivity index (χ4v) is 4.46. The zero-order chi connectivity index (χ0) is 17.2. The van der Waals surface area contributed by atoms with Crippen molar-refractivity contribution in [3.8, 4) is 10.8 Å². The molecule has 0 bridgehead atoms. The SMILES string of the molecule is Cl.NC[C@H]1CCC[C@H]1C(=O)NCc1ccc(-c2nc3ccccc3s2)o1. The van der Waals surface area contributed by atoms with E-state index in [0.717, 1.165) is 46.0 Å². The molecule has 138 valence electrons. The standard InChI is InChI=1S/C19H21N3O2S.ClH/c20-10-12-4-3-5-14(12)18(23)21-11-13-8-9-16(24-13)19-22-15-6-1-2-7-17(15)25-19;/h1-2,6-9,12,14H,3-5,10-11,20H2,(H,21,23);1H/t12-,14-;/m1./s1. The molecule has 4 rings (SSSR count). The molecule has 0 spiro atoms. The van der Waals surface area contributed by atoms with Gasteiger partial charge in [0.15, 0.2) is 10.8 Å². The maximum absolute atomic E-state index is 12.4. The van der Waals surface area contributed by atoms with Gasteiger partial charge in [0, 0.05) is 5.92 Å². The molecule has 5 nitrogen and oxygen atoms in total. The van der Waals surface area contributed by atoms with Crippen LogP contribution in [0, 0.1) is 11.8 Å². The Morgan fingerprint density at radius 2 is 2.12 bits per heavy atom. The number of benzene rings is 1. The van der Waals surface area contributed by atoms with Gasteiger partial charge in [-0.3, -0.25) is 4.79 Å². The van der Waals surface area contributed by atoms with Crippen molar-refractivity contribution in [2.24, 2.45) is 17.6 Å². The zero-order valence-corrected chi connectivity index (χ0v) is 15.9. The Morgan fingerprint density at radius 1 is 1.27 bits per heavy atom. The van der Waals surface area contributed by atoms with Crippen LogP contribution in [0.1, 0.15) is 25.0 Å². The smallest absolute Gasteiger partial charge is 0.223 e. The molecule has 2 aromatic heterocycles. The normalized spacial score (nSPS) is 19.4. The first kappa shape index (κ1) is 18.9. The molecule has 0 radical (unpaired) electrons. The summed E-state index contributed by atoms with van der Waals surface area (Å²) in [6.07, 6.45) is 3.07. The second kappa shape index (κ2) is 8.20. The minimum atomic E-state index is 0. The van der Waals surface area contributed by atoms with Crippen LogP contribution in [0.4, 0.5) is 0 Å². The summed E-state index contributed by atoms with van der Waals surface area (Å²) >= 11 is 1.61. The van der Waals surface area contributed by atoms with Crippen molar-refractivity contribution in [1.82, 2.24) is 10.3 Å². The van der Waals surface area contributed by atoms with Gasteiger partial charge in [0.1, 0.15) is 5.76 Å². The lowest BCUT2D eigenvalue weighted by Gasteiger charge is -2.16. The Morgan fingerprint density at radius 3 is 2.92 bits per heavy atom. The third-order valence-electron chi connectivity index (χ3n) is 4.90. The number of thiazole rings is 1. The number of rotatable bonds is 5. The lowest BCUT2D eigenvalue weighted by atomic mass is 9.95. The molecular weight excluding hydrogens is 370 g/mol. The summed E-state index contributed by atoms with van der Waals surface area (Å²) < 4.78 is 7.01. The van der Waals surface area contributed by atoms with Crippen molar-refractivity contribution >= 4 is 39.9 Å². The van der Waals surface area contributed by atoms with Crippen molar-refractivity contribution in [3.05, 3.63) is 42.2 Å². The second-order valence-electron chi connectivity index (χ2n) is 6.50. The van der Waals surface area contributed by atoms with Gasteiger partial charge in [0.25, 0.3) is 0 Å². The summed E-state index contributed by atoms with van der Waals surface area (Å²) in [6, 6.07) is 11.8. The minimum absolute atomic E-state index is 0. The summed E-state index contributed by atoms with van der Waals surface area (Å²) in [5.74, 6) is 1.93. The number of nitrogens with one attached hydrogen (secondary N) is 1. The fourth-order valence-electron chi connectivity index (χ4n) is 3.53. The van der Waals surface area contributed by atoms with Crippen LogP contribution < -0.4 is 11.1 Å². The topological polar surface area (TPSA) is 81.2 Å². The van der Waals surface area contributed by atoms with Gasteiger partial charge < -0.3 is 15.5 Å². The van der Waals surface area contributed by atoms with E-state index < -0.39 is 0 Å². The highest BCUT2D eigenvalue weighted by molar-refractivity contribution is 7.21. The molecule has 2 atom stereocenters. The first-order valence-electron chi connectivity index (χ1n) is 8.67. The number of nitrogens with two attached hydrogens (primary N) is 1. The highest BCUT2D eigenvalue weighted by atomic mass is 35.5. The van der Waals surface area contributed by atoms with Gasteiger partial charge in [-0.1, -0.05) is 18.6 Å². The van der Waals surface area contributed by atoms with E-state index in [1.807, 2.05) is 30.3 Å². The van der Waals surface area contributed by atoms with Gasteiger partial charge in [-0.25, -0.2) is 4.98 Å². The summed E-state index contributed by atoms with van der Waals surface area (Å²) in [4.78, 5) is 17.0. The monoisotopic (exact) mass is 391 g/mol. The highest BCUT2D eigenvalue weighted by Gasteiger charge is 2.31. The Balaban J connectivity index is 0.00000196. The molecule has 1 aliphatic carbocycles. The number of carbonyl (C=O) groups excluding carboxylic acids is 1. The molecule has 0 unspecified atom stereocenters. The molecule has 3 N–H and O–H groups in total. The number of furan rings is 1. The lowest BCUT2D eigenvalue weighted by Crippen LogP contribution is -2.34. The first-order valence-corrected chi connectivity index (χ1v) is 9.48. The van der Waals surface area contributed by atoms with E-state index >= 15 is 0 Å². The number of halogens is 1. The molecule has 2 heterocycles. The van der Waals surface area contributed by atoms with Gasteiger partial charge in [-0.05, 0) is 49.6 Å². The molecule has 3 aromatic rings. The lowest BCUT2D eigenvalue weighted by molar-refractivity contribution is -0.126. The first-order chi connectivity index (χ1) is 12.2. The summed E-state index contributed by atoms with van der Waals surface area (Å²) in [6.45, 7) is 0.984. The molecule has 26 heavy (non-hydrogen) atoms. The summed E-state index contributed by atoms with van der Waals surface area (Å²) in [5, 5.41) is 3.85. The molecule has 1 aromatic carbocycles. The van der Waals surface area contributed by atoms with Crippen molar-refractivity contribution in [1.29, 1.82) is 0 Å². The maximum Gasteiger partial charge on any atom is 0.223 e. The van der Waals surface area contributed by atoms with Crippen LogP contribution in [-0.4, -0.2) is 17.4 Å². The van der Waals surface area contributed by atoms with E-state index in [4.69, 9.17) is 10.2 Å². The van der Waals surface area contributed by atoms with E-state index in [-0.39, 0.29) is 24.2 Å². The van der Waals surface area contributed by atoms with E-state index in [0.29, 0.717) is 19.0 Å². The van der Waals surface area contributed by atoms with Crippen LogP contribution in [0.25, 0.3) is 21.0 Å². The fraction of sp³-hybridized carbons (Fsp3) is 0.368. The van der Waals surface area contributed by atoms with Crippen molar-refractivity contribution in [2.45, 2.75) is 25.8 Å². The predicted molar refractivity (Wildman–Crippen MR) is 106 cm³/mol. The number of para-hydroxylation sites is 1. The molecule has 1 amide bonds. The van der Waals surface area contributed by atoms with Crippen LogP contribution in [0.2, 0.25) is 0 Å². The van der Waals surface area contributed by atoms with E-state index in [1.54, 1.807) is 11.3 Å². The van der Waals surface area contributed by atoms with Crippen LogP contribution in [0.5, 0.6) is 0 Å². The van der Waals surface area contributed by atoms with E-state index in [2.05, 4.69) is 16.4 Å². The molecule has 0 aliphatic heterocycles. The number of nitrogens with zero attached hydrogens (tertiary/aromatic N) is 1.